The third-order valence-electron chi connectivity index (χ3n) is 5.38. The van der Waals surface area contributed by atoms with E-state index in [9.17, 15) is 10.5 Å². The van der Waals surface area contributed by atoms with Gasteiger partial charge in [0.2, 0.25) is 0 Å². The topological polar surface area (TPSA) is 106 Å². The van der Waals surface area contributed by atoms with E-state index in [4.69, 9.17) is 14.8 Å². The lowest BCUT2D eigenvalue weighted by Gasteiger charge is -2.22. The van der Waals surface area contributed by atoms with Crippen molar-refractivity contribution in [1.82, 2.24) is 9.97 Å². The van der Waals surface area contributed by atoms with Crippen LogP contribution in [0, 0.1) is 22.7 Å². The maximum absolute atomic E-state index is 10.1. The first-order valence-corrected chi connectivity index (χ1v) is 11.7. The smallest absolute Gasteiger partial charge is 0.148 e. The zero-order valence-corrected chi connectivity index (χ0v) is 18.9. The summed E-state index contributed by atoms with van der Waals surface area (Å²) in [6, 6.07) is 15.8. The van der Waals surface area contributed by atoms with E-state index >= 15 is 0 Å². The standard InChI is InChI=1S/C25H23N5O2S/c26-14-21-23(19-5-7-20(8-6-19)32-13-12-31)22(15-27)25(29-24(21)30-10-1-2-11-30)33-17-18-4-3-9-28-16-18/h3-9,16,31H,1-2,10-13,17H2. The normalized spacial score (nSPS) is 12.9. The van der Waals surface area contributed by atoms with Gasteiger partial charge in [-0.3, -0.25) is 4.98 Å². The first kappa shape index (κ1) is 22.6. The summed E-state index contributed by atoms with van der Waals surface area (Å²) >= 11 is 1.48. The maximum atomic E-state index is 10.1. The lowest BCUT2D eigenvalue weighted by atomic mass is 9.96. The highest BCUT2D eigenvalue weighted by atomic mass is 32.2. The van der Waals surface area contributed by atoms with Gasteiger partial charge in [0.05, 0.1) is 12.2 Å². The van der Waals surface area contributed by atoms with E-state index < -0.39 is 0 Å². The van der Waals surface area contributed by atoms with Gasteiger partial charge in [-0.15, -0.1) is 11.8 Å². The molecule has 1 aliphatic heterocycles. The summed E-state index contributed by atoms with van der Waals surface area (Å²) in [7, 11) is 0. The number of pyridine rings is 2. The van der Waals surface area contributed by atoms with Crippen LogP contribution in [0.25, 0.3) is 11.1 Å². The van der Waals surface area contributed by atoms with Crippen molar-refractivity contribution in [1.29, 1.82) is 10.5 Å². The average molecular weight is 458 g/mol. The van der Waals surface area contributed by atoms with E-state index in [0.29, 0.717) is 39.0 Å². The molecular formula is C25H23N5O2S. The van der Waals surface area contributed by atoms with Crippen molar-refractivity contribution in [2.24, 2.45) is 0 Å². The number of hydrogen-bond donors (Lipinski definition) is 1. The second-order valence-corrected chi connectivity index (χ2v) is 8.49. The minimum Gasteiger partial charge on any atom is -0.491 e. The van der Waals surface area contributed by atoms with Crippen LogP contribution in [0.1, 0.15) is 29.5 Å². The van der Waals surface area contributed by atoms with Gasteiger partial charge in [0.15, 0.2) is 0 Å². The average Bonchev–Trinajstić information content (AvgIpc) is 3.41. The van der Waals surface area contributed by atoms with E-state index in [1.807, 2.05) is 24.3 Å². The molecule has 0 aliphatic carbocycles. The van der Waals surface area contributed by atoms with Crippen LogP contribution >= 0.6 is 11.8 Å². The van der Waals surface area contributed by atoms with Crippen molar-refractivity contribution in [2.45, 2.75) is 23.6 Å². The largest absolute Gasteiger partial charge is 0.491 e. The predicted molar refractivity (Wildman–Crippen MR) is 127 cm³/mol. The van der Waals surface area contributed by atoms with Gasteiger partial charge in [0.1, 0.15) is 40.9 Å². The Bertz CT molecular complexity index is 1180. The number of aliphatic hydroxyl groups excluding tert-OH is 1. The first-order chi connectivity index (χ1) is 16.2. The minimum atomic E-state index is -0.0695. The fourth-order valence-electron chi connectivity index (χ4n) is 3.83. The third kappa shape index (κ3) is 5.09. The molecular weight excluding hydrogens is 434 g/mol. The number of aromatic nitrogens is 2. The number of thioether (sulfide) groups is 1. The third-order valence-corrected chi connectivity index (χ3v) is 6.42. The molecule has 7 nitrogen and oxygen atoms in total. The highest BCUT2D eigenvalue weighted by Crippen LogP contribution is 2.39. The van der Waals surface area contributed by atoms with Crippen molar-refractivity contribution < 1.29 is 9.84 Å². The number of nitrogens with zero attached hydrogens (tertiary/aromatic N) is 5. The number of benzene rings is 1. The number of aliphatic hydroxyl groups is 1. The quantitative estimate of drug-likeness (QED) is 0.503. The molecule has 0 spiro atoms. The van der Waals surface area contributed by atoms with Crippen LogP contribution in [0.15, 0.2) is 53.8 Å². The Kier molecular flexibility index (Phi) is 7.41. The fraction of sp³-hybridized carbons (Fsp3) is 0.280. The zero-order chi connectivity index (χ0) is 23.0. The van der Waals surface area contributed by atoms with Crippen molar-refractivity contribution in [3.05, 3.63) is 65.5 Å². The van der Waals surface area contributed by atoms with Crippen LogP contribution < -0.4 is 9.64 Å². The second-order valence-electron chi connectivity index (χ2n) is 7.53. The molecule has 4 rings (SSSR count). The SMILES string of the molecule is N#Cc1c(SCc2cccnc2)nc(N2CCCC2)c(C#N)c1-c1ccc(OCCO)cc1. The number of anilines is 1. The molecule has 3 heterocycles. The Hall–Kier alpha value is -3.59. The second kappa shape index (κ2) is 10.8. The summed E-state index contributed by atoms with van der Waals surface area (Å²) in [6.45, 7) is 1.82. The summed E-state index contributed by atoms with van der Waals surface area (Å²) in [4.78, 5) is 11.1. The first-order valence-electron chi connectivity index (χ1n) is 10.7. The van der Waals surface area contributed by atoms with Gasteiger partial charge in [0, 0.05) is 36.8 Å². The minimum absolute atomic E-state index is 0.0695. The van der Waals surface area contributed by atoms with Crippen LogP contribution in [-0.2, 0) is 5.75 Å². The summed E-state index contributed by atoms with van der Waals surface area (Å²) in [5.41, 5.74) is 3.20. The molecule has 1 aromatic carbocycles. The Morgan fingerprint density at radius 3 is 2.45 bits per heavy atom. The maximum Gasteiger partial charge on any atom is 0.148 e. The summed E-state index contributed by atoms with van der Waals surface area (Å²) in [5.74, 6) is 1.87. The van der Waals surface area contributed by atoms with Gasteiger partial charge in [-0.2, -0.15) is 10.5 Å². The van der Waals surface area contributed by atoms with Gasteiger partial charge < -0.3 is 14.7 Å². The Labute approximate surface area is 197 Å². The van der Waals surface area contributed by atoms with E-state index in [-0.39, 0.29) is 13.2 Å². The van der Waals surface area contributed by atoms with Crippen molar-refractivity contribution >= 4 is 17.6 Å². The lowest BCUT2D eigenvalue weighted by Crippen LogP contribution is -2.21. The van der Waals surface area contributed by atoms with E-state index in [0.717, 1.165) is 37.1 Å². The Balaban J connectivity index is 1.81. The van der Waals surface area contributed by atoms with Crippen molar-refractivity contribution in [2.75, 3.05) is 31.2 Å². The number of rotatable bonds is 8. The van der Waals surface area contributed by atoms with Crippen LogP contribution in [0.5, 0.6) is 5.75 Å². The molecule has 0 radical (unpaired) electrons. The molecule has 166 valence electrons. The predicted octanol–water partition coefficient (Wildman–Crippen LogP) is 4.15. The van der Waals surface area contributed by atoms with Crippen LogP contribution in [-0.4, -0.2) is 41.4 Å². The number of nitriles is 2. The fourth-order valence-corrected chi connectivity index (χ4v) is 4.75. The molecule has 0 unspecified atom stereocenters. The molecule has 0 saturated carbocycles. The molecule has 3 aromatic rings. The summed E-state index contributed by atoms with van der Waals surface area (Å²) in [5, 5.41) is 29.8. The molecule has 0 atom stereocenters. The van der Waals surface area contributed by atoms with E-state index in [2.05, 4.69) is 22.0 Å². The van der Waals surface area contributed by atoms with Gasteiger partial charge in [0.25, 0.3) is 0 Å². The van der Waals surface area contributed by atoms with Crippen LogP contribution in [0.4, 0.5) is 5.82 Å². The molecule has 8 heteroatoms. The van der Waals surface area contributed by atoms with E-state index in [1.54, 1.807) is 24.5 Å². The molecule has 0 amide bonds. The molecule has 1 aliphatic rings. The van der Waals surface area contributed by atoms with E-state index in [1.165, 1.54) is 11.8 Å². The van der Waals surface area contributed by atoms with Gasteiger partial charge >= 0.3 is 0 Å². The zero-order valence-electron chi connectivity index (χ0n) is 18.1. The van der Waals surface area contributed by atoms with Crippen molar-refractivity contribution in [3.8, 4) is 29.0 Å². The molecule has 1 N–H and O–H groups in total. The van der Waals surface area contributed by atoms with Crippen LogP contribution in [0.2, 0.25) is 0 Å². The number of hydrogen-bond acceptors (Lipinski definition) is 8. The van der Waals surface area contributed by atoms with Crippen molar-refractivity contribution in [3.63, 3.8) is 0 Å². The number of ether oxygens (including phenoxy) is 1. The van der Waals surface area contributed by atoms with Gasteiger partial charge in [-0.1, -0.05) is 18.2 Å². The molecule has 0 bridgehead atoms. The molecule has 33 heavy (non-hydrogen) atoms. The van der Waals surface area contributed by atoms with Gasteiger partial charge in [-0.25, -0.2) is 4.98 Å². The monoisotopic (exact) mass is 457 g/mol. The lowest BCUT2D eigenvalue weighted by molar-refractivity contribution is 0.201. The highest BCUT2D eigenvalue weighted by Gasteiger charge is 2.26. The Morgan fingerprint density at radius 2 is 1.82 bits per heavy atom. The molecule has 1 fully saturated rings. The molecule has 2 aromatic heterocycles. The van der Waals surface area contributed by atoms with Crippen LogP contribution in [0.3, 0.4) is 0 Å². The van der Waals surface area contributed by atoms with Gasteiger partial charge in [-0.05, 0) is 42.2 Å². The highest BCUT2D eigenvalue weighted by molar-refractivity contribution is 7.98. The molecule has 1 saturated heterocycles. The summed E-state index contributed by atoms with van der Waals surface area (Å²) < 4.78 is 5.46. The summed E-state index contributed by atoms with van der Waals surface area (Å²) in [6.07, 6.45) is 5.64. The Morgan fingerprint density at radius 1 is 1.06 bits per heavy atom.